The molecule has 1 aromatic heterocycles. The number of aromatic nitrogens is 2. The fraction of sp³-hybridized carbons (Fsp3) is 0.355. The standard InChI is InChI=1S/C31H34N6O/c1-30(2,3)20-26(38)35-31(16-7-17-31)23-12-10-21(11-13-23)27-28(22-8-5-4-6-9-22)37-29(34-27)24(14-19-33-37)25-15-18-32-36-25/h4-6,8-15,18-19,27-28H,7,16-17,20H2,1-3H3,(H,32,36)(H,35,38). The minimum Gasteiger partial charge on any atom is -0.347 e. The molecule has 2 N–H and O–H groups in total. The lowest BCUT2D eigenvalue weighted by molar-refractivity contribution is -0.126. The summed E-state index contributed by atoms with van der Waals surface area (Å²) in [5.74, 6) is 0.963. The average Bonchev–Trinajstić information content (AvgIpc) is 3.54. The van der Waals surface area contributed by atoms with Crippen molar-refractivity contribution in [2.24, 2.45) is 15.5 Å². The molecule has 0 bridgehead atoms. The molecule has 1 fully saturated rings. The normalized spacial score (nSPS) is 21.8. The zero-order valence-electron chi connectivity index (χ0n) is 22.2. The molecule has 7 nitrogen and oxygen atoms in total. The van der Waals surface area contributed by atoms with Crippen molar-refractivity contribution in [3.63, 3.8) is 0 Å². The topological polar surface area (TPSA) is 85.7 Å². The lowest BCUT2D eigenvalue weighted by Crippen LogP contribution is -2.51. The molecule has 0 saturated heterocycles. The van der Waals surface area contributed by atoms with E-state index in [1.165, 1.54) is 5.56 Å². The van der Waals surface area contributed by atoms with Gasteiger partial charge in [-0.1, -0.05) is 75.4 Å². The third-order valence-corrected chi connectivity index (χ3v) is 7.73. The van der Waals surface area contributed by atoms with E-state index in [1.807, 2.05) is 29.4 Å². The van der Waals surface area contributed by atoms with Crippen LogP contribution in [0.4, 0.5) is 0 Å². The predicted octanol–water partition coefficient (Wildman–Crippen LogP) is 5.92. The van der Waals surface area contributed by atoms with E-state index in [9.17, 15) is 4.79 Å². The van der Waals surface area contributed by atoms with Gasteiger partial charge in [-0.15, -0.1) is 0 Å². The average molecular weight is 507 g/mol. The van der Waals surface area contributed by atoms with Gasteiger partial charge in [-0.05, 0) is 53.5 Å². The molecule has 6 rings (SSSR count). The second-order valence-corrected chi connectivity index (χ2v) is 11.8. The Kier molecular flexibility index (Phi) is 6.01. The van der Waals surface area contributed by atoms with Gasteiger partial charge >= 0.3 is 0 Å². The summed E-state index contributed by atoms with van der Waals surface area (Å²) >= 11 is 0. The van der Waals surface area contributed by atoms with Crippen molar-refractivity contribution >= 4 is 23.5 Å². The molecule has 1 aliphatic carbocycles. The van der Waals surface area contributed by atoms with Crippen LogP contribution in [-0.2, 0) is 10.3 Å². The van der Waals surface area contributed by atoms with Crippen molar-refractivity contribution in [1.29, 1.82) is 0 Å². The number of allylic oxidation sites excluding steroid dienone is 1. The zero-order valence-corrected chi connectivity index (χ0v) is 22.2. The SMILES string of the molecule is CC(C)(C)CC(=O)NC1(c2ccc(C3N=C4C(c5ccn[nH]5)=CC=NN4C3c3ccccc3)cc2)CCC1. The predicted molar refractivity (Wildman–Crippen MR) is 150 cm³/mol. The monoisotopic (exact) mass is 506 g/mol. The van der Waals surface area contributed by atoms with E-state index in [1.54, 1.807) is 6.20 Å². The first-order valence-electron chi connectivity index (χ1n) is 13.4. The largest absolute Gasteiger partial charge is 0.347 e. The Hall–Kier alpha value is -4.00. The van der Waals surface area contributed by atoms with Crippen molar-refractivity contribution in [3.8, 4) is 0 Å². The number of nitrogens with one attached hydrogen (secondary N) is 2. The molecule has 7 heteroatoms. The van der Waals surface area contributed by atoms with Gasteiger partial charge in [-0.3, -0.25) is 14.9 Å². The quantitative estimate of drug-likeness (QED) is 0.435. The minimum absolute atomic E-state index is 0.0367. The smallest absolute Gasteiger partial charge is 0.221 e. The van der Waals surface area contributed by atoms with E-state index >= 15 is 0 Å². The maximum absolute atomic E-state index is 12.8. The fourth-order valence-electron chi connectivity index (χ4n) is 5.76. The van der Waals surface area contributed by atoms with Crippen LogP contribution in [0.25, 0.3) is 5.57 Å². The third-order valence-electron chi connectivity index (χ3n) is 7.73. The Morgan fingerprint density at radius 1 is 1.05 bits per heavy atom. The number of aromatic amines is 1. The Morgan fingerprint density at radius 3 is 2.45 bits per heavy atom. The lowest BCUT2D eigenvalue weighted by Gasteiger charge is -2.43. The van der Waals surface area contributed by atoms with Crippen molar-refractivity contribution < 1.29 is 4.79 Å². The molecule has 1 amide bonds. The van der Waals surface area contributed by atoms with Gasteiger partial charge in [0.15, 0.2) is 5.84 Å². The van der Waals surface area contributed by atoms with Crippen LogP contribution in [0.5, 0.6) is 0 Å². The number of carbonyl (C=O) groups excluding carboxylic acids is 1. The van der Waals surface area contributed by atoms with Gasteiger partial charge in [-0.2, -0.15) is 10.2 Å². The highest BCUT2D eigenvalue weighted by Gasteiger charge is 2.43. The number of benzene rings is 2. The number of hydrogen-bond donors (Lipinski definition) is 2. The number of fused-ring (bicyclic) bond motifs is 1. The number of aliphatic imine (C=N–C) groups is 1. The summed E-state index contributed by atoms with van der Waals surface area (Å²) in [6, 6.07) is 20.9. The second kappa shape index (κ2) is 9.39. The van der Waals surface area contributed by atoms with Crippen molar-refractivity contribution in [2.45, 2.75) is 64.1 Å². The summed E-state index contributed by atoms with van der Waals surface area (Å²) in [6.45, 7) is 6.31. The van der Waals surface area contributed by atoms with Crippen LogP contribution in [0.15, 0.2) is 83.0 Å². The van der Waals surface area contributed by atoms with Gasteiger partial charge in [0, 0.05) is 24.4 Å². The van der Waals surface area contributed by atoms with Gasteiger partial charge in [0.25, 0.3) is 0 Å². The highest BCUT2D eigenvalue weighted by molar-refractivity contribution is 6.26. The molecule has 2 aliphatic heterocycles. The third kappa shape index (κ3) is 4.46. The van der Waals surface area contributed by atoms with E-state index in [0.717, 1.165) is 47.5 Å². The first kappa shape index (κ1) is 24.3. The lowest BCUT2D eigenvalue weighted by atomic mass is 9.71. The van der Waals surface area contributed by atoms with Crippen LogP contribution in [-0.4, -0.2) is 33.2 Å². The number of hydrogen-bond acceptors (Lipinski definition) is 5. The van der Waals surface area contributed by atoms with Crippen LogP contribution in [0.1, 0.15) is 80.9 Å². The first-order chi connectivity index (χ1) is 18.3. The van der Waals surface area contributed by atoms with Crippen LogP contribution in [0, 0.1) is 5.41 Å². The molecule has 0 radical (unpaired) electrons. The molecule has 38 heavy (non-hydrogen) atoms. The molecule has 3 aliphatic rings. The maximum Gasteiger partial charge on any atom is 0.221 e. The van der Waals surface area contributed by atoms with Gasteiger partial charge in [0.2, 0.25) is 5.91 Å². The molecule has 0 spiro atoms. The van der Waals surface area contributed by atoms with Crippen LogP contribution >= 0.6 is 0 Å². The van der Waals surface area contributed by atoms with E-state index in [0.29, 0.717) is 6.42 Å². The molecule has 3 heterocycles. The summed E-state index contributed by atoms with van der Waals surface area (Å²) in [5.41, 5.74) is 5.05. The van der Waals surface area contributed by atoms with E-state index in [2.05, 4.69) is 84.8 Å². The molecule has 1 saturated carbocycles. The van der Waals surface area contributed by atoms with E-state index in [-0.39, 0.29) is 28.9 Å². The van der Waals surface area contributed by atoms with Gasteiger partial charge in [0.1, 0.15) is 12.1 Å². The summed E-state index contributed by atoms with van der Waals surface area (Å²) < 4.78 is 0. The Balaban J connectivity index is 1.33. The first-order valence-corrected chi connectivity index (χ1v) is 13.4. The Bertz CT molecular complexity index is 1390. The van der Waals surface area contributed by atoms with Crippen molar-refractivity contribution in [1.82, 2.24) is 20.5 Å². The Labute approximate surface area is 223 Å². The van der Waals surface area contributed by atoms with Gasteiger partial charge < -0.3 is 5.32 Å². The van der Waals surface area contributed by atoms with Gasteiger partial charge in [-0.25, -0.2) is 5.01 Å². The number of amidine groups is 1. The van der Waals surface area contributed by atoms with Crippen LogP contribution < -0.4 is 5.32 Å². The van der Waals surface area contributed by atoms with Crippen molar-refractivity contribution in [3.05, 3.63) is 95.3 Å². The molecule has 2 aromatic carbocycles. The molecule has 3 aromatic rings. The summed E-state index contributed by atoms with van der Waals surface area (Å²) in [4.78, 5) is 18.1. The number of nitrogens with zero attached hydrogens (tertiary/aromatic N) is 4. The molecular formula is C31H34N6O. The zero-order chi connectivity index (χ0) is 26.3. The van der Waals surface area contributed by atoms with Gasteiger partial charge in [0.05, 0.1) is 11.2 Å². The Morgan fingerprint density at radius 2 is 1.82 bits per heavy atom. The molecular weight excluding hydrogens is 472 g/mol. The van der Waals surface area contributed by atoms with E-state index in [4.69, 9.17) is 10.1 Å². The molecule has 2 unspecified atom stereocenters. The summed E-state index contributed by atoms with van der Waals surface area (Å²) in [6.07, 6.45) is 9.16. The van der Waals surface area contributed by atoms with Crippen molar-refractivity contribution in [2.75, 3.05) is 0 Å². The fourth-order valence-corrected chi connectivity index (χ4v) is 5.76. The second-order valence-electron chi connectivity index (χ2n) is 11.8. The number of H-pyrrole nitrogens is 1. The highest BCUT2D eigenvalue weighted by Crippen LogP contribution is 2.47. The number of hydrazone groups is 1. The highest BCUT2D eigenvalue weighted by atomic mass is 16.1. The summed E-state index contributed by atoms with van der Waals surface area (Å²) in [7, 11) is 0. The van der Waals surface area contributed by atoms with Crippen LogP contribution in [0.2, 0.25) is 0 Å². The molecule has 2 atom stereocenters. The number of amides is 1. The maximum atomic E-state index is 12.8. The van der Waals surface area contributed by atoms with E-state index < -0.39 is 0 Å². The minimum atomic E-state index is -0.264. The number of rotatable bonds is 6. The number of carbonyl (C=O) groups is 1. The van der Waals surface area contributed by atoms with Crippen LogP contribution in [0.3, 0.4) is 0 Å². The molecule has 194 valence electrons. The summed E-state index contributed by atoms with van der Waals surface area (Å²) in [5, 5.41) is 17.4.